The minimum Gasteiger partial charge on any atom is -0.315 e. The van der Waals surface area contributed by atoms with Gasteiger partial charge in [0.05, 0.1) is 18.2 Å². The maximum absolute atomic E-state index is 13.3. The van der Waals surface area contributed by atoms with E-state index in [1.165, 1.54) is 49.7 Å². The summed E-state index contributed by atoms with van der Waals surface area (Å²) in [6, 6.07) is 13.0. The van der Waals surface area contributed by atoms with E-state index in [4.69, 9.17) is 0 Å². The molecule has 0 saturated heterocycles. The summed E-state index contributed by atoms with van der Waals surface area (Å²) in [7, 11) is 0. The molecule has 0 saturated carbocycles. The van der Waals surface area contributed by atoms with E-state index in [2.05, 4.69) is 54.4 Å². The van der Waals surface area contributed by atoms with E-state index >= 15 is 0 Å². The second-order valence-electron chi connectivity index (χ2n) is 9.30. The summed E-state index contributed by atoms with van der Waals surface area (Å²) in [5, 5.41) is 13.7. The van der Waals surface area contributed by atoms with Gasteiger partial charge in [-0.05, 0) is 67.7 Å². The van der Waals surface area contributed by atoms with Gasteiger partial charge in [-0.1, -0.05) is 43.7 Å². The Morgan fingerprint density at radius 3 is 2.68 bits per heavy atom. The van der Waals surface area contributed by atoms with E-state index in [1.807, 2.05) is 17.4 Å². The van der Waals surface area contributed by atoms with Crippen LogP contribution in [0, 0.1) is 18.3 Å². The Bertz CT molecular complexity index is 1230. The Labute approximate surface area is 210 Å². The molecule has 0 bridgehead atoms. The van der Waals surface area contributed by atoms with Crippen molar-refractivity contribution >= 4 is 33.6 Å². The number of fused-ring (bicyclic) bond motifs is 2. The zero-order valence-electron chi connectivity index (χ0n) is 19.9. The molecule has 5 rings (SSSR count). The number of aryl methyl sites for hydroxylation is 2. The van der Waals surface area contributed by atoms with E-state index in [0.717, 1.165) is 43.6 Å². The first kappa shape index (κ1) is 23.3. The van der Waals surface area contributed by atoms with Gasteiger partial charge >= 0.3 is 0 Å². The zero-order chi connectivity index (χ0) is 23.7. The van der Waals surface area contributed by atoms with Gasteiger partial charge in [0.25, 0.3) is 0 Å². The highest BCUT2D eigenvalue weighted by Gasteiger charge is 2.33. The van der Waals surface area contributed by atoms with Crippen molar-refractivity contribution in [1.29, 1.82) is 5.26 Å². The summed E-state index contributed by atoms with van der Waals surface area (Å²) in [6.07, 6.45) is 7.52. The molecule has 0 spiro atoms. The fourth-order valence-corrected chi connectivity index (χ4v) is 8.35. The van der Waals surface area contributed by atoms with Crippen LogP contribution in [0.25, 0.3) is 0 Å². The number of rotatable bonds is 5. The standard InChI is InChI=1S/C28H31N3OS2/c1-3-20-18(2)33-27-22(20)14-15-31(26(27)19-10-6-4-7-11-19)17-25(32)30-28-23(16-29)21-12-8-5-9-13-24(21)34-28/h4,6-7,10-11,26H,3,5,8-9,12-15,17H2,1-2H3,(H,30,32)/t26-/m0/s1. The van der Waals surface area contributed by atoms with Crippen LogP contribution in [0.4, 0.5) is 5.00 Å². The van der Waals surface area contributed by atoms with E-state index in [-0.39, 0.29) is 11.9 Å². The predicted octanol–water partition coefficient (Wildman–Crippen LogP) is 6.41. The Hall–Kier alpha value is -2.46. The van der Waals surface area contributed by atoms with Crippen molar-refractivity contribution in [1.82, 2.24) is 4.90 Å². The molecule has 176 valence electrons. The minimum absolute atomic E-state index is 0.0266. The van der Waals surface area contributed by atoms with Gasteiger partial charge in [-0.25, -0.2) is 0 Å². The minimum atomic E-state index is -0.0266. The molecule has 3 aromatic rings. The van der Waals surface area contributed by atoms with Crippen molar-refractivity contribution in [2.75, 3.05) is 18.4 Å². The van der Waals surface area contributed by atoms with Crippen LogP contribution in [0.1, 0.15) is 74.7 Å². The quantitative estimate of drug-likeness (QED) is 0.422. The summed E-state index contributed by atoms with van der Waals surface area (Å²) < 4.78 is 0. The molecule has 4 nitrogen and oxygen atoms in total. The smallest absolute Gasteiger partial charge is 0.239 e. The van der Waals surface area contributed by atoms with Crippen molar-refractivity contribution in [3.8, 4) is 6.07 Å². The molecule has 1 aliphatic heterocycles. The highest BCUT2D eigenvalue weighted by Crippen LogP contribution is 2.43. The molecule has 34 heavy (non-hydrogen) atoms. The molecule has 1 atom stereocenters. The Balaban J connectivity index is 1.41. The number of nitrogens with one attached hydrogen (secondary N) is 1. The summed E-state index contributed by atoms with van der Waals surface area (Å²) in [6.45, 7) is 5.65. The third-order valence-electron chi connectivity index (χ3n) is 7.21. The van der Waals surface area contributed by atoms with Crippen LogP contribution in [-0.4, -0.2) is 23.9 Å². The van der Waals surface area contributed by atoms with E-state index in [1.54, 1.807) is 11.3 Å². The monoisotopic (exact) mass is 489 g/mol. The van der Waals surface area contributed by atoms with Gasteiger partial charge < -0.3 is 5.32 Å². The second kappa shape index (κ2) is 10.0. The number of nitrogens with zero attached hydrogens (tertiary/aromatic N) is 2. The fraction of sp³-hybridized carbons (Fsp3) is 0.429. The molecule has 2 aromatic heterocycles. The van der Waals surface area contributed by atoms with Crippen molar-refractivity contribution in [2.45, 2.75) is 64.8 Å². The number of nitriles is 1. The average Bonchev–Trinajstić information content (AvgIpc) is 3.24. The number of hydrogen-bond acceptors (Lipinski definition) is 5. The summed E-state index contributed by atoms with van der Waals surface area (Å²) in [5.41, 5.74) is 6.08. The van der Waals surface area contributed by atoms with E-state index in [0.29, 0.717) is 12.1 Å². The molecule has 1 aromatic carbocycles. The first-order valence-electron chi connectivity index (χ1n) is 12.3. The lowest BCUT2D eigenvalue weighted by Gasteiger charge is -2.35. The molecular weight excluding hydrogens is 458 g/mol. The molecule has 2 aliphatic rings. The number of amides is 1. The van der Waals surface area contributed by atoms with Gasteiger partial charge in [-0.3, -0.25) is 9.69 Å². The van der Waals surface area contributed by atoms with Crippen molar-refractivity contribution in [3.05, 3.63) is 72.8 Å². The lowest BCUT2D eigenvalue weighted by molar-refractivity contribution is -0.117. The Kier molecular flexibility index (Phi) is 6.87. The number of thiophene rings is 2. The average molecular weight is 490 g/mol. The number of carbonyl (C=O) groups is 1. The maximum atomic E-state index is 13.3. The van der Waals surface area contributed by atoms with Crippen molar-refractivity contribution < 1.29 is 4.79 Å². The van der Waals surface area contributed by atoms with Crippen LogP contribution in [-0.2, 0) is 30.5 Å². The maximum Gasteiger partial charge on any atom is 0.239 e. The molecule has 1 aliphatic carbocycles. The van der Waals surface area contributed by atoms with Crippen LogP contribution in [0.5, 0.6) is 0 Å². The highest BCUT2D eigenvalue weighted by atomic mass is 32.1. The molecule has 3 heterocycles. The number of hydrogen-bond donors (Lipinski definition) is 1. The zero-order valence-corrected chi connectivity index (χ0v) is 21.6. The molecule has 1 N–H and O–H groups in total. The molecule has 6 heteroatoms. The van der Waals surface area contributed by atoms with Crippen LogP contribution in [0.2, 0.25) is 0 Å². The number of anilines is 1. The number of benzene rings is 1. The third kappa shape index (κ3) is 4.33. The van der Waals surface area contributed by atoms with Gasteiger partial charge in [0.15, 0.2) is 0 Å². The molecule has 0 fully saturated rings. The molecule has 0 unspecified atom stereocenters. The van der Waals surface area contributed by atoms with Gasteiger partial charge in [0, 0.05) is 21.2 Å². The van der Waals surface area contributed by atoms with Gasteiger partial charge in [0.1, 0.15) is 11.1 Å². The van der Waals surface area contributed by atoms with Crippen LogP contribution in [0.15, 0.2) is 30.3 Å². The first-order chi connectivity index (χ1) is 16.6. The molecular formula is C28H31N3OS2. The lowest BCUT2D eigenvalue weighted by atomic mass is 9.91. The van der Waals surface area contributed by atoms with E-state index in [9.17, 15) is 10.1 Å². The SMILES string of the molecule is CCc1c(C)sc2c1CCN(CC(=O)Nc1sc3c(c1C#N)CCCCC3)[C@H]2c1ccccc1. The van der Waals surface area contributed by atoms with E-state index < -0.39 is 0 Å². The third-order valence-corrected chi connectivity index (χ3v) is 9.66. The van der Waals surface area contributed by atoms with Crippen molar-refractivity contribution in [2.24, 2.45) is 0 Å². The lowest BCUT2D eigenvalue weighted by Crippen LogP contribution is -2.40. The second-order valence-corrected chi connectivity index (χ2v) is 11.7. The topological polar surface area (TPSA) is 56.1 Å². The number of carbonyl (C=O) groups excluding carboxylic acids is 1. The molecule has 0 radical (unpaired) electrons. The Morgan fingerprint density at radius 1 is 1.12 bits per heavy atom. The van der Waals surface area contributed by atoms with Gasteiger partial charge in [-0.15, -0.1) is 22.7 Å². The van der Waals surface area contributed by atoms with Crippen molar-refractivity contribution in [3.63, 3.8) is 0 Å². The Morgan fingerprint density at radius 2 is 1.91 bits per heavy atom. The summed E-state index contributed by atoms with van der Waals surface area (Å²) in [5.74, 6) is -0.0266. The first-order valence-corrected chi connectivity index (χ1v) is 14.0. The molecule has 1 amide bonds. The fourth-order valence-electron chi connectivity index (χ4n) is 5.62. The van der Waals surface area contributed by atoms with Crippen LogP contribution >= 0.6 is 22.7 Å². The predicted molar refractivity (Wildman–Crippen MR) is 141 cm³/mol. The van der Waals surface area contributed by atoms with Crippen LogP contribution in [0.3, 0.4) is 0 Å². The van der Waals surface area contributed by atoms with Crippen LogP contribution < -0.4 is 5.32 Å². The summed E-state index contributed by atoms with van der Waals surface area (Å²) in [4.78, 5) is 19.7. The normalized spacial score (nSPS) is 18.0. The summed E-state index contributed by atoms with van der Waals surface area (Å²) >= 11 is 3.50. The van der Waals surface area contributed by atoms with Gasteiger partial charge in [-0.2, -0.15) is 5.26 Å². The van der Waals surface area contributed by atoms with Gasteiger partial charge in [0.2, 0.25) is 5.91 Å². The highest BCUT2D eigenvalue weighted by molar-refractivity contribution is 7.16. The largest absolute Gasteiger partial charge is 0.315 e.